The average molecular weight is 273 g/mol. The molecule has 0 radical (unpaired) electrons. The summed E-state index contributed by atoms with van der Waals surface area (Å²) < 4.78 is 29.0. The number of furan rings is 1. The Labute approximate surface area is 110 Å². The Morgan fingerprint density at radius 1 is 1.39 bits per heavy atom. The highest BCUT2D eigenvalue weighted by Gasteiger charge is 2.29. The summed E-state index contributed by atoms with van der Waals surface area (Å²) in [4.78, 5) is 0. The number of hydrogen-bond donors (Lipinski definition) is 1. The Hall–Kier alpha value is -0.810. The van der Waals surface area contributed by atoms with E-state index in [0.29, 0.717) is 0 Å². The molecule has 0 amide bonds. The molecule has 2 atom stereocenters. The highest BCUT2D eigenvalue weighted by Crippen LogP contribution is 2.27. The zero-order chi connectivity index (χ0) is 13.9. The second kappa shape index (κ2) is 5.89. The van der Waals surface area contributed by atoms with Crippen LogP contribution in [-0.2, 0) is 9.84 Å². The molecule has 0 fully saturated rings. The van der Waals surface area contributed by atoms with E-state index in [1.54, 1.807) is 6.92 Å². The van der Waals surface area contributed by atoms with Gasteiger partial charge in [-0.3, -0.25) is 0 Å². The molecule has 18 heavy (non-hydrogen) atoms. The molecule has 1 aromatic rings. The van der Waals surface area contributed by atoms with Gasteiger partial charge in [-0.25, -0.2) is 8.42 Å². The van der Waals surface area contributed by atoms with E-state index in [1.165, 1.54) is 6.26 Å². The van der Waals surface area contributed by atoms with Crippen LogP contribution in [0.3, 0.4) is 0 Å². The van der Waals surface area contributed by atoms with Crippen molar-refractivity contribution in [2.75, 3.05) is 12.8 Å². The lowest BCUT2D eigenvalue weighted by Crippen LogP contribution is -2.35. The Bertz CT molecular complexity index is 490. The van der Waals surface area contributed by atoms with Crippen LogP contribution < -0.4 is 5.32 Å². The number of hydrogen-bond acceptors (Lipinski definition) is 4. The monoisotopic (exact) mass is 273 g/mol. The lowest BCUT2D eigenvalue weighted by molar-refractivity contribution is 0.471. The van der Waals surface area contributed by atoms with E-state index < -0.39 is 15.1 Å². The van der Waals surface area contributed by atoms with Crippen LogP contribution in [0.5, 0.6) is 0 Å². The first-order chi connectivity index (χ1) is 8.27. The van der Waals surface area contributed by atoms with E-state index in [9.17, 15) is 8.42 Å². The van der Waals surface area contributed by atoms with Gasteiger partial charge in [0.05, 0.1) is 11.3 Å². The Morgan fingerprint density at radius 3 is 2.39 bits per heavy atom. The third-order valence-corrected chi connectivity index (χ3v) is 4.80. The van der Waals surface area contributed by atoms with Gasteiger partial charge in [-0.2, -0.15) is 0 Å². The fourth-order valence-electron chi connectivity index (χ4n) is 2.04. The number of aryl methyl sites for hydroxylation is 2. The molecule has 1 heterocycles. The first-order valence-corrected chi connectivity index (χ1v) is 8.22. The van der Waals surface area contributed by atoms with E-state index in [1.807, 2.05) is 19.9 Å². The Morgan fingerprint density at radius 2 is 2.00 bits per heavy atom. The summed E-state index contributed by atoms with van der Waals surface area (Å²) in [6.45, 7) is 8.33. The van der Waals surface area contributed by atoms with Gasteiger partial charge < -0.3 is 9.73 Å². The molecule has 1 N–H and O–H groups in total. The summed E-state index contributed by atoms with van der Waals surface area (Å²) in [6, 6.07) is 1.71. The van der Waals surface area contributed by atoms with Crippen molar-refractivity contribution < 1.29 is 12.8 Å². The predicted molar refractivity (Wildman–Crippen MR) is 73.5 cm³/mol. The van der Waals surface area contributed by atoms with Gasteiger partial charge in [0, 0.05) is 11.8 Å². The second-order valence-electron chi connectivity index (χ2n) is 4.84. The Balaban J connectivity index is 3.09. The number of rotatable bonds is 6. The van der Waals surface area contributed by atoms with Gasteiger partial charge in [-0.05, 0) is 39.8 Å². The molecule has 0 aromatic carbocycles. The van der Waals surface area contributed by atoms with Gasteiger partial charge in [0.2, 0.25) is 0 Å². The minimum absolute atomic E-state index is 0.211. The van der Waals surface area contributed by atoms with Crippen molar-refractivity contribution in [1.82, 2.24) is 5.32 Å². The van der Waals surface area contributed by atoms with Crippen molar-refractivity contribution in [3.8, 4) is 0 Å². The minimum Gasteiger partial charge on any atom is -0.466 e. The summed E-state index contributed by atoms with van der Waals surface area (Å²) in [6.07, 6.45) is 2.24. The molecule has 0 aliphatic heterocycles. The van der Waals surface area contributed by atoms with Crippen molar-refractivity contribution in [3.63, 3.8) is 0 Å². The quantitative estimate of drug-likeness (QED) is 0.864. The lowest BCUT2D eigenvalue weighted by Gasteiger charge is -2.23. The first kappa shape index (κ1) is 15.2. The smallest absolute Gasteiger partial charge is 0.151 e. The first-order valence-electron chi connectivity index (χ1n) is 6.26. The second-order valence-corrected chi connectivity index (χ2v) is 7.24. The fraction of sp³-hybridized carbons (Fsp3) is 0.692. The van der Waals surface area contributed by atoms with E-state index in [4.69, 9.17) is 4.42 Å². The SMILES string of the molecule is CCCNC(c1cc(C)oc1C)C(C)S(C)(=O)=O. The molecular weight excluding hydrogens is 250 g/mol. The average Bonchev–Trinajstić information content (AvgIpc) is 2.57. The summed E-state index contributed by atoms with van der Waals surface area (Å²) in [7, 11) is -3.09. The topological polar surface area (TPSA) is 59.3 Å². The summed E-state index contributed by atoms with van der Waals surface area (Å²) in [5, 5.41) is 2.83. The third-order valence-electron chi connectivity index (χ3n) is 3.17. The van der Waals surface area contributed by atoms with Gasteiger partial charge in [-0.1, -0.05) is 6.92 Å². The highest BCUT2D eigenvalue weighted by molar-refractivity contribution is 7.91. The van der Waals surface area contributed by atoms with Gasteiger partial charge in [-0.15, -0.1) is 0 Å². The third kappa shape index (κ3) is 3.59. The van der Waals surface area contributed by atoms with E-state index in [-0.39, 0.29) is 6.04 Å². The number of sulfone groups is 1. The molecule has 104 valence electrons. The molecule has 0 aliphatic rings. The number of nitrogens with one attached hydrogen (secondary N) is 1. The minimum atomic E-state index is -3.09. The van der Waals surface area contributed by atoms with Crippen LogP contribution >= 0.6 is 0 Å². The van der Waals surface area contributed by atoms with Crippen molar-refractivity contribution >= 4 is 9.84 Å². The molecule has 0 bridgehead atoms. The van der Waals surface area contributed by atoms with Gasteiger partial charge in [0.25, 0.3) is 0 Å². The standard InChI is InChI=1S/C13H23NO3S/c1-6-7-14-13(11(4)18(5,15)16)12-8-9(2)17-10(12)3/h8,11,13-14H,6-7H2,1-5H3. The lowest BCUT2D eigenvalue weighted by atomic mass is 10.0. The van der Waals surface area contributed by atoms with Gasteiger partial charge in [0.15, 0.2) is 9.84 Å². The molecule has 1 rings (SSSR count). The summed E-state index contributed by atoms with van der Waals surface area (Å²) in [5.74, 6) is 1.60. The van der Waals surface area contributed by atoms with Crippen LogP contribution in [0.1, 0.15) is 43.4 Å². The molecule has 1 aromatic heterocycles. The van der Waals surface area contributed by atoms with Crippen LogP contribution in [0.2, 0.25) is 0 Å². The Kier molecular flexibility index (Phi) is 4.99. The van der Waals surface area contributed by atoms with Crippen LogP contribution in [0, 0.1) is 13.8 Å². The van der Waals surface area contributed by atoms with E-state index in [2.05, 4.69) is 12.2 Å². The van der Waals surface area contributed by atoms with Crippen LogP contribution in [0.4, 0.5) is 0 Å². The van der Waals surface area contributed by atoms with Gasteiger partial charge in [0.1, 0.15) is 11.5 Å². The summed E-state index contributed by atoms with van der Waals surface area (Å²) >= 11 is 0. The van der Waals surface area contributed by atoms with Crippen molar-refractivity contribution in [2.45, 2.75) is 45.4 Å². The molecule has 4 nitrogen and oxygen atoms in total. The maximum absolute atomic E-state index is 11.8. The summed E-state index contributed by atoms with van der Waals surface area (Å²) in [5.41, 5.74) is 0.943. The fourth-order valence-corrected chi connectivity index (χ4v) is 2.77. The van der Waals surface area contributed by atoms with Crippen molar-refractivity contribution in [3.05, 3.63) is 23.2 Å². The maximum atomic E-state index is 11.8. The van der Waals surface area contributed by atoms with Crippen LogP contribution in [-0.4, -0.2) is 26.5 Å². The molecule has 0 saturated heterocycles. The van der Waals surface area contributed by atoms with Gasteiger partial charge >= 0.3 is 0 Å². The van der Waals surface area contributed by atoms with Crippen LogP contribution in [0.25, 0.3) is 0 Å². The van der Waals surface area contributed by atoms with E-state index >= 15 is 0 Å². The van der Waals surface area contributed by atoms with Crippen molar-refractivity contribution in [1.29, 1.82) is 0 Å². The largest absolute Gasteiger partial charge is 0.466 e. The molecule has 0 saturated carbocycles. The molecule has 2 unspecified atom stereocenters. The molecule has 0 spiro atoms. The zero-order valence-corrected chi connectivity index (χ0v) is 12.6. The molecular formula is C13H23NO3S. The normalized spacial score (nSPS) is 15.6. The molecule has 5 heteroatoms. The predicted octanol–water partition coefficient (Wildman–Crippen LogP) is 2.37. The maximum Gasteiger partial charge on any atom is 0.151 e. The molecule has 0 aliphatic carbocycles. The van der Waals surface area contributed by atoms with E-state index in [0.717, 1.165) is 30.0 Å². The zero-order valence-electron chi connectivity index (χ0n) is 11.8. The van der Waals surface area contributed by atoms with Crippen LogP contribution in [0.15, 0.2) is 10.5 Å². The highest BCUT2D eigenvalue weighted by atomic mass is 32.2. The van der Waals surface area contributed by atoms with Crippen molar-refractivity contribution in [2.24, 2.45) is 0 Å².